The van der Waals surface area contributed by atoms with Crippen molar-refractivity contribution in [3.8, 4) is 0 Å². The zero-order chi connectivity index (χ0) is 9.19. The molecule has 0 saturated heterocycles. The Morgan fingerprint density at radius 3 is 2.67 bits per heavy atom. The molecule has 0 aromatic heterocycles. The van der Waals surface area contributed by atoms with Crippen molar-refractivity contribution in [3.63, 3.8) is 0 Å². The van der Waals surface area contributed by atoms with E-state index in [-0.39, 0.29) is 18.6 Å². The normalized spacial score (nSPS) is 21.6. The van der Waals surface area contributed by atoms with Crippen LogP contribution in [0.2, 0.25) is 0 Å². The van der Waals surface area contributed by atoms with Gasteiger partial charge in [0.2, 0.25) is 5.91 Å². The van der Waals surface area contributed by atoms with Gasteiger partial charge in [0.15, 0.2) is 0 Å². The lowest BCUT2D eigenvalue weighted by Crippen LogP contribution is -2.48. The van der Waals surface area contributed by atoms with Gasteiger partial charge in [0, 0.05) is 0 Å². The monoisotopic (exact) mass is 172 g/mol. The van der Waals surface area contributed by atoms with Crippen molar-refractivity contribution in [2.75, 3.05) is 6.61 Å². The fourth-order valence-electron chi connectivity index (χ4n) is 0.968. The number of aliphatic hydroxyl groups excluding tert-OH is 1. The molecule has 1 atom stereocenters. The van der Waals surface area contributed by atoms with E-state index in [9.17, 15) is 4.79 Å². The summed E-state index contributed by atoms with van der Waals surface area (Å²) in [4.78, 5) is 11.3. The van der Waals surface area contributed by atoms with Crippen LogP contribution in [0.5, 0.6) is 0 Å². The van der Waals surface area contributed by atoms with Crippen LogP contribution in [0.4, 0.5) is 0 Å². The summed E-state index contributed by atoms with van der Waals surface area (Å²) in [5.41, 5.74) is 5.03. The first kappa shape index (κ1) is 9.48. The number of hydrogen-bond donors (Lipinski definition) is 3. The number of nitrogens with one attached hydrogen (secondary N) is 1. The van der Waals surface area contributed by atoms with Crippen molar-refractivity contribution >= 4 is 5.91 Å². The van der Waals surface area contributed by atoms with E-state index in [2.05, 4.69) is 5.32 Å². The van der Waals surface area contributed by atoms with Crippen LogP contribution < -0.4 is 11.1 Å². The van der Waals surface area contributed by atoms with Gasteiger partial charge in [-0.15, -0.1) is 0 Å². The lowest BCUT2D eigenvalue weighted by Gasteiger charge is -2.16. The second kappa shape index (κ2) is 3.41. The summed E-state index contributed by atoms with van der Waals surface area (Å²) in [5.74, 6) is -0.122. The molecule has 0 heterocycles. The van der Waals surface area contributed by atoms with Gasteiger partial charge in [-0.05, 0) is 19.3 Å². The molecule has 0 aromatic carbocycles. The summed E-state index contributed by atoms with van der Waals surface area (Å²) < 4.78 is 0. The van der Waals surface area contributed by atoms with Gasteiger partial charge in [-0.25, -0.2) is 0 Å². The molecule has 0 aliphatic heterocycles. The van der Waals surface area contributed by atoms with Crippen molar-refractivity contribution in [2.24, 2.45) is 5.73 Å². The minimum atomic E-state index is -0.622. The second-order valence-electron chi connectivity index (χ2n) is 3.42. The number of carbonyl (C=O) groups is 1. The molecule has 4 nitrogen and oxygen atoms in total. The van der Waals surface area contributed by atoms with E-state index >= 15 is 0 Å². The van der Waals surface area contributed by atoms with Crippen molar-refractivity contribution in [1.82, 2.24) is 5.32 Å². The molecule has 0 aromatic rings. The standard InChI is InChI=1S/C8H16N2O2/c1-2-6(5-11)10-7(12)8(9)3-4-8/h6,11H,2-5,9H2,1H3,(H,10,12). The van der Waals surface area contributed by atoms with Crippen molar-refractivity contribution in [1.29, 1.82) is 0 Å². The number of nitrogens with two attached hydrogens (primary N) is 1. The number of rotatable bonds is 4. The van der Waals surface area contributed by atoms with Gasteiger partial charge in [-0.2, -0.15) is 0 Å². The average Bonchev–Trinajstić information content (AvgIpc) is 2.80. The second-order valence-corrected chi connectivity index (χ2v) is 3.42. The maximum absolute atomic E-state index is 11.3. The van der Waals surface area contributed by atoms with Crippen LogP contribution in [0.3, 0.4) is 0 Å². The molecule has 12 heavy (non-hydrogen) atoms. The largest absolute Gasteiger partial charge is 0.394 e. The Morgan fingerprint density at radius 2 is 2.33 bits per heavy atom. The summed E-state index contributed by atoms with van der Waals surface area (Å²) in [7, 11) is 0. The average molecular weight is 172 g/mol. The third kappa shape index (κ3) is 1.95. The fourth-order valence-corrected chi connectivity index (χ4v) is 0.968. The van der Waals surface area contributed by atoms with Gasteiger partial charge < -0.3 is 16.2 Å². The summed E-state index contributed by atoms with van der Waals surface area (Å²) in [5, 5.41) is 11.5. The van der Waals surface area contributed by atoms with Crippen LogP contribution in [0.25, 0.3) is 0 Å². The molecule has 1 amide bonds. The molecule has 0 bridgehead atoms. The van der Waals surface area contributed by atoms with Crippen molar-refractivity contribution in [2.45, 2.75) is 37.8 Å². The highest BCUT2D eigenvalue weighted by Gasteiger charge is 2.46. The third-order valence-corrected chi connectivity index (χ3v) is 2.29. The molecule has 0 radical (unpaired) electrons. The Hall–Kier alpha value is -0.610. The lowest BCUT2D eigenvalue weighted by atomic mass is 10.2. The maximum atomic E-state index is 11.3. The smallest absolute Gasteiger partial charge is 0.240 e. The van der Waals surface area contributed by atoms with Crippen LogP contribution in [0, 0.1) is 0 Å². The SMILES string of the molecule is CCC(CO)NC(=O)C1(N)CC1. The van der Waals surface area contributed by atoms with Crippen LogP contribution in [0.15, 0.2) is 0 Å². The van der Waals surface area contributed by atoms with Gasteiger partial charge >= 0.3 is 0 Å². The van der Waals surface area contributed by atoms with E-state index in [1.54, 1.807) is 0 Å². The van der Waals surface area contributed by atoms with Gasteiger partial charge in [0.1, 0.15) is 0 Å². The number of hydrogen-bond acceptors (Lipinski definition) is 3. The zero-order valence-electron chi connectivity index (χ0n) is 7.34. The summed E-state index contributed by atoms with van der Waals surface area (Å²) in [6.45, 7) is 1.90. The molecule has 70 valence electrons. The molecule has 1 aliphatic carbocycles. The first-order valence-corrected chi connectivity index (χ1v) is 4.33. The van der Waals surface area contributed by atoms with Gasteiger partial charge in [0.05, 0.1) is 18.2 Å². The predicted octanol–water partition coefficient (Wildman–Crippen LogP) is -0.635. The highest BCUT2D eigenvalue weighted by Crippen LogP contribution is 2.32. The molecule has 4 N–H and O–H groups in total. The van der Waals surface area contributed by atoms with Crippen molar-refractivity contribution < 1.29 is 9.90 Å². The van der Waals surface area contributed by atoms with Crippen LogP contribution in [0.1, 0.15) is 26.2 Å². The molecule has 4 heteroatoms. The third-order valence-electron chi connectivity index (χ3n) is 2.29. The number of aliphatic hydroxyl groups is 1. The number of carbonyl (C=O) groups excluding carboxylic acids is 1. The summed E-state index contributed by atoms with van der Waals surface area (Å²) >= 11 is 0. The Bertz CT molecular complexity index is 174. The predicted molar refractivity (Wildman–Crippen MR) is 45.5 cm³/mol. The molecular weight excluding hydrogens is 156 g/mol. The Kier molecular flexibility index (Phi) is 2.69. The molecule has 1 aliphatic rings. The van der Waals surface area contributed by atoms with Crippen LogP contribution >= 0.6 is 0 Å². The van der Waals surface area contributed by atoms with Crippen LogP contribution in [-0.4, -0.2) is 29.2 Å². The Morgan fingerprint density at radius 1 is 1.75 bits per heavy atom. The highest BCUT2D eigenvalue weighted by atomic mass is 16.3. The van der Waals surface area contributed by atoms with Gasteiger partial charge in [-0.3, -0.25) is 4.79 Å². The minimum absolute atomic E-state index is 0.0156. The zero-order valence-corrected chi connectivity index (χ0v) is 7.34. The fraction of sp³-hybridized carbons (Fsp3) is 0.875. The van der Waals surface area contributed by atoms with Crippen molar-refractivity contribution in [3.05, 3.63) is 0 Å². The first-order valence-electron chi connectivity index (χ1n) is 4.33. The Balaban J connectivity index is 2.34. The molecule has 1 saturated carbocycles. The molecule has 1 rings (SSSR count). The molecule has 1 unspecified atom stereocenters. The van der Waals surface area contributed by atoms with Gasteiger partial charge in [0.25, 0.3) is 0 Å². The summed E-state index contributed by atoms with van der Waals surface area (Å²) in [6.07, 6.45) is 2.26. The summed E-state index contributed by atoms with van der Waals surface area (Å²) in [6, 6.07) is -0.140. The minimum Gasteiger partial charge on any atom is -0.394 e. The van der Waals surface area contributed by atoms with E-state index in [4.69, 9.17) is 10.8 Å². The van der Waals surface area contributed by atoms with E-state index in [0.29, 0.717) is 0 Å². The van der Waals surface area contributed by atoms with E-state index in [1.165, 1.54) is 0 Å². The van der Waals surface area contributed by atoms with E-state index < -0.39 is 5.54 Å². The number of amides is 1. The maximum Gasteiger partial charge on any atom is 0.240 e. The quantitative estimate of drug-likeness (QED) is 0.528. The lowest BCUT2D eigenvalue weighted by molar-refractivity contribution is -0.124. The Labute approximate surface area is 72.1 Å². The van der Waals surface area contributed by atoms with E-state index in [1.807, 2.05) is 6.92 Å². The molecule has 1 fully saturated rings. The van der Waals surface area contributed by atoms with E-state index in [0.717, 1.165) is 19.3 Å². The van der Waals surface area contributed by atoms with Crippen LogP contribution in [-0.2, 0) is 4.79 Å². The molecule has 0 spiro atoms. The first-order chi connectivity index (χ1) is 5.62. The molecular formula is C8H16N2O2. The topological polar surface area (TPSA) is 75.3 Å². The highest BCUT2D eigenvalue weighted by molar-refractivity contribution is 5.89. The van der Waals surface area contributed by atoms with Gasteiger partial charge in [-0.1, -0.05) is 6.92 Å².